The monoisotopic (exact) mass is 350 g/mol. The van der Waals surface area contributed by atoms with Crippen molar-refractivity contribution >= 4 is 15.9 Å². The van der Waals surface area contributed by atoms with Gasteiger partial charge in [-0.05, 0) is 37.8 Å². The minimum absolute atomic E-state index is 0.112. The van der Waals surface area contributed by atoms with Crippen LogP contribution in [0.2, 0.25) is 0 Å². The van der Waals surface area contributed by atoms with Gasteiger partial charge >= 0.3 is 0 Å². The van der Waals surface area contributed by atoms with Gasteiger partial charge in [0, 0.05) is 4.47 Å². The number of hydrogen-bond donors (Lipinski definition) is 2. The zero-order valence-electron chi connectivity index (χ0n) is 11.1. The first-order valence-electron chi connectivity index (χ1n) is 6.85. The van der Waals surface area contributed by atoms with Crippen molar-refractivity contribution in [3.05, 3.63) is 28.2 Å². The summed E-state index contributed by atoms with van der Waals surface area (Å²) in [5.74, 6) is -1.99. The standard InChI is InChI=1S/C14H18BrF2NO2/c15-9-5-12(16)14(13(17)6-9)20-8-11(19)7-18-10-3-1-2-4-10/h5-6,10-11,18-19H,1-4,7-8H2/p+1/t11-/m1/s1. The molecular weight excluding hydrogens is 332 g/mol. The maximum Gasteiger partial charge on any atom is 0.190 e. The largest absolute Gasteiger partial charge is 0.485 e. The first-order chi connectivity index (χ1) is 9.56. The molecule has 0 heterocycles. The van der Waals surface area contributed by atoms with Crippen LogP contribution in [-0.2, 0) is 0 Å². The molecule has 1 atom stereocenters. The summed E-state index contributed by atoms with van der Waals surface area (Å²) in [5, 5.41) is 11.9. The Hall–Kier alpha value is -0.720. The van der Waals surface area contributed by atoms with Crippen molar-refractivity contribution in [2.75, 3.05) is 13.2 Å². The average Bonchev–Trinajstić information content (AvgIpc) is 2.88. The van der Waals surface area contributed by atoms with Crippen LogP contribution in [0.25, 0.3) is 0 Å². The Morgan fingerprint density at radius 2 is 1.90 bits per heavy atom. The first kappa shape index (κ1) is 15.7. The van der Waals surface area contributed by atoms with E-state index in [1.807, 2.05) is 0 Å². The van der Waals surface area contributed by atoms with E-state index in [9.17, 15) is 13.9 Å². The number of quaternary nitrogens is 1. The van der Waals surface area contributed by atoms with Gasteiger partial charge in [0.05, 0.1) is 6.04 Å². The molecular formula is C14H19BrF2NO2+. The van der Waals surface area contributed by atoms with Crippen LogP contribution < -0.4 is 10.1 Å². The molecule has 1 saturated carbocycles. The molecule has 0 spiro atoms. The van der Waals surface area contributed by atoms with Crippen molar-refractivity contribution in [3.8, 4) is 5.75 Å². The van der Waals surface area contributed by atoms with Crippen LogP contribution in [0.4, 0.5) is 8.78 Å². The summed E-state index contributed by atoms with van der Waals surface area (Å²) >= 11 is 3.00. The van der Waals surface area contributed by atoms with Gasteiger partial charge in [-0.25, -0.2) is 8.78 Å². The highest BCUT2D eigenvalue weighted by Gasteiger charge is 2.20. The van der Waals surface area contributed by atoms with E-state index in [0.29, 0.717) is 17.1 Å². The molecule has 6 heteroatoms. The fourth-order valence-electron chi connectivity index (χ4n) is 2.46. The average molecular weight is 351 g/mol. The minimum atomic E-state index is -0.774. The first-order valence-corrected chi connectivity index (χ1v) is 7.64. The Kier molecular flexibility index (Phi) is 5.74. The lowest BCUT2D eigenvalue weighted by molar-refractivity contribution is -0.693. The van der Waals surface area contributed by atoms with E-state index in [2.05, 4.69) is 21.2 Å². The molecule has 3 N–H and O–H groups in total. The van der Waals surface area contributed by atoms with Crippen molar-refractivity contribution in [2.24, 2.45) is 0 Å². The maximum absolute atomic E-state index is 13.5. The van der Waals surface area contributed by atoms with Gasteiger partial charge < -0.3 is 15.2 Å². The highest BCUT2D eigenvalue weighted by molar-refractivity contribution is 9.10. The summed E-state index contributed by atoms with van der Waals surface area (Å²) in [7, 11) is 0. The lowest BCUT2D eigenvalue weighted by atomic mass is 10.2. The Labute approximate surface area is 125 Å². The molecule has 0 radical (unpaired) electrons. The molecule has 0 amide bonds. The fraction of sp³-hybridized carbons (Fsp3) is 0.571. The number of halogens is 3. The molecule has 1 aliphatic rings. The molecule has 0 bridgehead atoms. The van der Waals surface area contributed by atoms with Gasteiger partial charge in [-0.2, -0.15) is 0 Å². The van der Waals surface area contributed by atoms with E-state index in [1.54, 1.807) is 0 Å². The van der Waals surface area contributed by atoms with Crippen LogP contribution in [0.15, 0.2) is 16.6 Å². The molecule has 1 aromatic carbocycles. The van der Waals surface area contributed by atoms with Crippen LogP contribution in [0.5, 0.6) is 5.75 Å². The summed E-state index contributed by atoms with van der Waals surface area (Å²) in [6, 6.07) is 2.83. The quantitative estimate of drug-likeness (QED) is 0.823. The Morgan fingerprint density at radius 3 is 2.50 bits per heavy atom. The minimum Gasteiger partial charge on any atom is -0.485 e. The Bertz CT molecular complexity index is 430. The van der Waals surface area contributed by atoms with Crippen molar-refractivity contribution in [1.82, 2.24) is 0 Å². The molecule has 2 rings (SSSR count). The van der Waals surface area contributed by atoms with Gasteiger partial charge in [0.25, 0.3) is 0 Å². The molecule has 1 aliphatic carbocycles. The van der Waals surface area contributed by atoms with Crippen LogP contribution >= 0.6 is 15.9 Å². The number of hydrogen-bond acceptors (Lipinski definition) is 2. The number of ether oxygens (including phenoxy) is 1. The van der Waals surface area contributed by atoms with E-state index in [1.165, 1.54) is 25.7 Å². The SMILES string of the molecule is O[C@H](C[NH2+]C1CCCC1)COc1c(F)cc(Br)cc1F. The van der Waals surface area contributed by atoms with Crippen molar-refractivity contribution in [1.29, 1.82) is 0 Å². The van der Waals surface area contributed by atoms with E-state index in [0.717, 1.165) is 12.1 Å². The third-order valence-electron chi connectivity index (χ3n) is 3.52. The predicted molar refractivity (Wildman–Crippen MR) is 74.6 cm³/mol. The Morgan fingerprint density at radius 1 is 1.30 bits per heavy atom. The molecule has 0 saturated heterocycles. The van der Waals surface area contributed by atoms with Gasteiger partial charge in [0.15, 0.2) is 17.4 Å². The number of benzene rings is 1. The molecule has 0 aliphatic heterocycles. The van der Waals surface area contributed by atoms with Gasteiger partial charge in [-0.15, -0.1) is 0 Å². The third kappa shape index (κ3) is 4.40. The second kappa shape index (κ2) is 7.33. The van der Waals surface area contributed by atoms with Crippen LogP contribution in [0.1, 0.15) is 25.7 Å². The van der Waals surface area contributed by atoms with Crippen LogP contribution in [0.3, 0.4) is 0 Å². The summed E-state index contributed by atoms with van der Waals surface area (Å²) in [6.07, 6.45) is 4.08. The number of rotatable bonds is 6. The van der Waals surface area contributed by atoms with Gasteiger partial charge in [0.2, 0.25) is 0 Å². The predicted octanol–water partition coefficient (Wildman–Crippen LogP) is 1.97. The summed E-state index contributed by atoms with van der Waals surface area (Å²) < 4.78 is 32.4. The number of nitrogens with two attached hydrogens (primary N) is 1. The van der Waals surface area contributed by atoms with E-state index >= 15 is 0 Å². The second-order valence-corrected chi connectivity index (χ2v) is 6.10. The van der Waals surface area contributed by atoms with Gasteiger partial charge in [0.1, 0.15) is 19.3 Å². The van der Waals surface area contributed by atoms with Crippen molar-refractivity contribution in [3.63, 3.8) is 0 Å². The van der Waals surface area contributed by atoms with Crippen LogP contribution in [-0.4, -0.2) is 30.4 Å². The van der Waals surface area contributed by atoms with Crippen molar-refractivity contribution < 1.29 is 23.9 Å². The smallest absolute Gasteiger partial charge is 0.190 e. The molecule has 0 aromatic heterocycles. The van der Waals surface area contributed by atoms with Crippen LogP contribution in [0, 0.1) is 11.6 Å². The number of aliphatic hydroxyl groups excluding tert-OH is 1. The van der Waals surface area contributed by atoms with Gasteiger partial charge in [-0.3, -0.25) is 0 Å². The molecule has 20 heavy (non-hydrogen) atoms. The van der Waals surface area contributed by atoms with E-state index in [-0.39, 0.29) is 6.61 Å². The maximum atomic E-state index is 13.5. The normalized spacial score (nSPS) is 17.4. The molecule has 1 fully saturated rings. The molecule has 112 valence electrons. The fourth-order valence-corrected chi connectivity index (χ4v) is 2.86. The highest BCUT2D eigenvalue weighted by Crippen LogP contribution is 2.25. The lowest BCUT2D eigenvalue weighted by Crippen LogP contribution is -2.91. The third-order valence-corrected chi connectivity index (χ3v) is 3.98. The topological polar surface area (TPSA) is 46.1 Å². The zero-order chi connectivity index (χ0) is 14.5. The Balaban J connectivity index is 1.79. The molecule has 1 aromatic rings. The van der Waals surface area contributed by atoms with E-state index in [4.69, 9.17) is 4.74 Å². The zero-order valence-corrected chi connectivity index (χ0v) is 12.7. The highest BCUT2D eigenvalue weighted by atomic mass is 79.9. The van der Waals surface area contributed by atoms with E-state index < -0.39 is 23.5 Å². The molecule has 3 nitrogen and oxygen atoms in total. The summed E-state index contributed by atoms with van der Waals surface area (Å²) in [6.45, 7) is 0.378. The second-order valence-electron chi connectivity index (χ2n) is 5.18. The summed E-state index contributed by atoms with van der Waals surface area (Å²) in [5.41, 5.74) is 0. The van der Waals surface area contributed by atoms with Gasteiger partial charge in [-0.1, -0.05) is 15.9 Å². The van der Waals surface area contributed by atoms with Crippen molar-refractivity contribution in [2.45, 2.75) is 37.8 Å². The number of aliphatic hydroxyl groups is 1. The summed E-state index contributed by atoms with van der Waals surface area (Å²) in [4.78, 5) is 0. The molecule has 0 unspecified atom stereocenters. The lowest BCUT2D eigenvalue weighted by Gasteiger charge is -2.15.